The third-order valence-corrected chi connectivity index (χ3v) is 4.20. The first kappa shape index (κ1) is 14.3. The molecular formula is C17H18N4O. The second kappa shape index (κ2) is 6.02. The number of hydrogen-bond donors (Lipinski definition) is 1. The zero-order chi connectivity index (χ0) is 15.5. The molecule has 0 bridgehead atoms. The molecule has 1 aliphatic heterocycles. The zero-order valence-corrected chi connectivity index (χ0v) is 12.5. The lowest BCUT2D eigenvalue weighted by Gasteiger charge is -2.23. The maximum absolute atomic E-state index is 12.3. The van der Waals surface area contributed by atoms with Crippen LogP contribution in [0.15, 0.2) is 30.6 Å². The Kier molecular flexibility index (Phi) is 3.92. The molecule has 1 aromatic heterocycles. The van der Waals surface area contributed by atoms with Crippen LogP contribution in [0, 0.1) is 24.2 Å². The normalized spacial score (nSPS) is 16.6. The molecule has 2 heterocycles. The summed E-state index contributed by atoms with van der Waals surface area (Å²) in [6.45, 7) is 3.48. The van der Waals surface area contributed by atoms with Crippen molar-refractivity contribution >= 4 is 5.91 Å². The van der Waals surface area contributed by atoms with Gasteiger partial charge in [0.2, 0.25) is 0 Å². The molecule has 2 aromatic rings. The molecule has 1 amide bonds. The van der Waals surface area contributed by atoms with Gasteiger partial charge < -0.3 is 9.88 Å². The molecule has 5 heteroatoms. The van der Waals surface area contributed by atoms with Gasteiger partial charge in [-0.25, -0.2) is 4.98 Å². The number of amides is 1. The lowest BCUT2D eigenvalue weighted by atomic mass is 9.97. The van der Waals surface area contributed by atoms with Gasteiger partial charge in [-0.1, -0.05) is 0 Å². The summed E-state index contributed by atoms with van der Waals surface area (Å²) in [4.78, 5) is 16.6. The molecule has 0 fully saturated rings. The fraction of sp³-hybridized carbons (Fsp3) is 0.353. The number of aromatic nitrogens is 2. The highest BCUT2D eigenvalue weighted by Crippen LogP contribution is 2.18. The molecule has 0 saturated carbocycles. The molecule has 1 aromatic carbocycles. The molecule has 1 N–H and O–H groups in total. The van der Waals surface area contributed by atoms with Gasteiger partial charge >= 0.3 is 0 Å². The summed E-state index contributed by atoms with van der Waals surface area (Å²) in [7, 11) is 0. The summed E-state index contributed by atoms with van der Waals surface area (Å²) in [5.74, 6) is 1.45. The summed E-state index contributed by atoms with van der Waals surface area (Å²) in [6.07, 6.45) is 5.79. The molecule has 0 spiro atoms. The van der Waals surface area contributed by atoms with E-state index in [-0.39, 0.29) is 5.91 Å². The highest BCUT2D eigenvalue weighted by molar-refractivity contribution is 5.95. The summed E-state index contributed by atoms with van der Waals surface area (Å²) in [6, 6.07) is 7.22. The van der Waals surface area contributed by atoms with Gasteiger partial charge in [0.25, 0.3) is 5.91 Å². The van der Waals surface area contributed by atoms with Gasteiger partial charge in [0.05, 0.1) is 11.6 Å². The number of imidazole rings is 1. The number of rotatable bonds is 3. The zero-order valence-electron chi connectivity index (χ0n) is 12.5. The Balaban J connectivity index is 1.60. The van der Waals surface area contributed by atoms with E-state index in [2.05, 4.69) is 20.9 Å². The van der Waals surface area contributed by atoms with Crippen LogP contribution in [-0.4, -0.2) is 22.0 Å². The standard InChI is InChI=1S/C17H18N4O/c1-12-8-13(10-18)2-3-15(12)17(22)20-11-14-4-6-21-7-5-19-16(21)9-14/h2-3,5,7-8,14H,4,6,9,11H2,1H3,(H,20,22). The minimum Gasteiger partial charge on any atom is -0.352 e. The van der Waals surface area contributed by atoms with E-state index in [1.54, 1.807) is 18.2 Å². The second-order valence-electron chi connectivity index (χ2n) is 5.75. The predicted molar refractivity (Wildman–Crippen MR) is 82.3 cm³/mol. The van der Waals surface area contributed by atoms with Crippen molar-refractivity contribution in [2.75, 3.05) is 6.54 Å². The van der Waals surface area contributed by atoms with Crippen LogP contribution in [0.2, 0.25) is 0 Å². The van der Waals surface area contributed by atoms with Crippen molar-refractivity contribution in [2.24, 2.45) is 5.92 Å². The maximum Gasteiger partial charge on any atom is 0.251 e. The maximum atomic E-state index is 12.3. The fourth-order valence-corrected chi connectivity index (χ4v) is 2.91. The van der Waals surface area contributed by atoms with Crippen molar-refractivity contribution in [3.63, 3.8) is 0 Å². The lowest BCUT2D eigenvalue weighted by Crippen LogP contribution is -2.33. The summed E-state index contributed by atoms with van der Waals surface area (Å²) >= 11 is 0. The quantitative estimate of drug-likeness (QED) is 0.942. The van der Waals surface area contributed by atoms with Crippen molar-refractivity contribution < 1.29 is 4.79 Å². The van der Waals surface area contributed by atoms with Crippen LogP contribution in [0.25, 0.3) is 0 Å². The molecule has 0 aliphatic carbocycles. The first-order valence-electron chi connectivity index (χ1n) is 7.46. The van der Waals surface area contributed by atoms with Crippen molar-refractivity contribution in [1.29, 1.82) is 5.26 Å². The van der Waals surface area contributed by atoms with Crippen molar-refractivity contribution in [3.05, 3.63) is 53.1 Å². The summed E-state index contributed by atoms with van der Waals surface area (Å²) < 4.78 is 2.17. The van der Waals surface area contributed by atoms with Crippen LogP contribution in [0.1, 0.15) is 33.7 Å². The first-order valence-corrected chi connectivity index (χ1v) is 7.46. The average molecular weight is 294 g/mol. The van der Waals surface area contributed by atoms with Crippen molar-refractivity contribution in [3.8, 4) is 6.07 Å². The Labute approximate surface area is 129 Å². The minimum atomic E-state index is -0.0732. The molecular weight excluding hydrogens is 276 g/mol. The molecule has 1 atom stereocenters. The number of carbonyl (C=O) groups excluding carboxylic acids is 1. The van der Waals surface area contributed by atoms with Gasteiger partial charge in [-0.3, -0.25) is 4.79 Å². The van der Waals surface area contributed by atoms with E-state index in [9.17, 15) is 4.79 Å². The van der Waals surface area contributed by atoms with Crippen LogP contribution < -0.4 is 5.32 Å². The smallest absolute Gasteiger partial charge is 0.251 e. The molecule has 22 heavy (non-hydrogen) atoms. The molecule has 1 aliphatic rings. The van der Waals surface area contributed by atoms with Gasteiger partial charge in [-0.2, -0.15) is 5.26 Å². The number of aryl methyl sites for hydroxylation is 2. The third kappa shape index (κ3) is 2.86. The van der Waals surface area contributed by atoms with Gasteiger partial charge in [0, 0.05) is 37.5 Å². The Morgan fingerprint density at radius 2 is 2.41 bits per heavy atom. The molecule has 5 nitrogen and oxygen atoms in total. The number of benzene rings is 1. The average Bonchev–Trinajstić information content (AvgIpc) is 3.00. The highest BCUT2D eigenvalue weighted by Gasteiger charge is 2.20. The van der Waals surface area contributed by atoms with Crippen LogP contribution in [0.5, 0.6) is 0 Å². The number of carbonyl (C=O) groups is 1. The fourth-order valence-electron chi connectivity index (χ4n) is 2.91. The third-order valence-electron chi connectivity index (χ3n) is 4.20. The molecule has 1 unspecified atom stereocenters. The van der Waals surface area contributed by atoms with Crippen LogP contribution in [0.4, 0.5) is 0 Å². The van der Waals surface area contributed by atoms with Crippen molar-refractivity contribution in [2.45, 2.75) is 26.3 Å². The predicted octanol–water partition coefficient (Wildman–Crippen LogP) is 2.06. The Morgan fingerprint density at radius 3 is 3.18 bits per heavy atom. The van der Waals surface area contributed by atoms with E-state index in [0.717, 1.165) is 30.8 Å². The van der Waals surface area contributed by atoms with Crippen LogP contribution >= 0.6 is 0 Å². The lowest BCUT2D eigenvalue weighted by molar-refractivity contribution is 0.0944. The van der Waals surface area contributed by atoms with E-state index in [1.807, 2.05) is 19.3 Å². The highest BCUT2D eigenvalue weighted by atomic mass is 16.1. The Bertz CT molecular complexity index is 741. The molecule has 112 valence electrons. The summed E-state index contributed by atoms with van der Waals surface area (Å²) in [5, 5.41) is 11.9. The first-order chi connectivity index (χ1) is 10.7. The minimum absolute atomic E-state index is 0.0732. The van der Waals surface area contributed by atoms with Crippen LogP contribution in [0.3, 0.4) is 0 Å². The van der Waals surface area contributed by atoms with E-state index in [1.165, 1.54) is 0 Å². The van der Waals surface area contributed by atoms with Gasteiger partial charge in [-0.05, 0) is 43.0 Å². The Hall–Kier alpha value is -2.61. The molecule has 0 radical (unpaired) electrons. The second-order valence-corrected chi connectivity index (χ2v) is 5.75. The largest absolute Gasteiger partial charge is 0.352 e. The Morgan fingerprint density at radius 1 is 1.55 bits per heavy atom. The number of nitriles is 1. The van der Waals surface area contributed by atoms with Crippen molar-refractivity contribution in [1.82, 2.24) is 14.9 Å². The van der Waals surface area contributed by atoms with E-state index >= 15 is 0 Å². The molecule has 3 rings (SSSR count). The molecule has 0 saturated heterocycles. The number of nitrogens with one attached hydrogen (secondary N) is 1. The monoisotopic (exact) mass is 294 g/mol. The number of fused-ring (bicyclic) bond motifs is 1. The summed E-state index contributed by atoms with van der Waals surface area (Å²) in [5.41, 5.74) is 2.04. The van der Waals surface area contributed by atoms with Crippen LogP contribution in [-0.2, 0) is 13.0 Å². The van der Waals surface area contributed by atoms with Gasteiger partial charge in [-0.15, -0.1) is 0 Å². The van der Waals surface area contributed by atoms with E-state index in [0.29, 0.717) is 23.6 Å². The number of hydrogen-bond acceptors (Lipinski definition) is 3. The number of nitrogens with zero attached hydrogens (tertiary/aromatic N) is 3. The SMILES string of the molecule is Cc1cc(C#N)ccc1C(=O)NCC1CCn2ccnc2C1. The van der Waals surface area contributed by atoms with E-state index < -0.39 is 0 Å². The van der Waals surface area contributed by atoms with Gasteiger partial charge in [0.15, 0.2) is 0 Å². The topological polar surface area (TPSA) is 70.7 Å². The van der Waals surface area contributed by atoms with E-state index in [4.69, 9.17) is 5.26 Å². The van der Waals surface area contributed by atoms with Gasteiger partial charge in [0.1, 0.15) is 5.82 Å².